The van der Waals surface area contributed by atoms with Crippen molar-refractivity contribution < 1.29 is 4.74 Å². The molecule has 3 atom stereocenters. The average molecular weight is 228 g/mol. The molecule has 1 aliphatic heterocycles. The van der Waals surface area contributed by atoms with Crippen LogP contribution in [0.4, 0.5) is 0 Å². The zero-order valence-electron chi connectivity index (χ0n) is 11.3. The van der Waals surface area contributed by atoms with E-state index in [2.05, 4.69) is 32.6 Å². The first-order chi connectivity index (χ1) is 7.58. The predicted molar refractivity (Wildman–Crippen MR) is 68.5 cm³/mol. The van der Waals surface area contributed by atoms with Crippen LogP contribution in [0.3, 0.4) is 0 Å². The molecule has 3 heteroatoms. The molecule has 96 valence electrons. The molecule has 1 aliphatic rings. The van der Waals surface area contributed by atoms with E-state index in [1.807, 2.05) is 0 Å². The molecule has 1 heterocycles. The van der Waals surface area contributed by atoms with Crippen molar-refractivity contribution in [3.63, 3.8) is 0 Å². The van der Waals surface area contributed by atoms with Crippen molar-refractivity contribution in [3.05, 3.63) is 0 Å². The van der Waals surface area contributed by atoms with E-state index in [1.165, 1.54) is 6.42 Å². The number of likely N-dealkylation sites (N-methyl/N-ethyl adjacent to an activating group) is 1. The van der Waals surface area contributed by atoms with Crippen LogP contribution in [-0.2, 0) is 4.74 Å². The number of nitrogens with two attached hydrogens (primary N) is 1. The maximum absolute atomic E-state index is 5.96. The monoisotopic (exact) mass is 228 g/mol. The third-order valence-electron chi connectivity index (χ3n) is 3.41. The molecule has 0 saturated carbocycles. The molecule has 0 bridgehead atoms. The standard InChI is InChI=1S/C13H28N2O/c1-5-15(9-10(2)3)12(8-14)13-7-6-11(4)16-13/h10-13H,5-9,14H2,1-4H3. The second-order valence-electron chi connectivity index (χ2n) is 5.35. The van der Waals surface area contributed by atoms with Gasteiger partial charge in [-0.05, 0) is 32.2 Å². The van der Waals surface area contributed by atoms with Crippen molar-refractivity contribution in [1.82, 2.24) is 4.90 Å². The molecule has 0 amide bonds. The lowest BCUT2D eigenvalue weighted by atomic mass is 10.0. The highest BCUT2D eigenvalue weighted by Gasteiger charge is 2.32. The lowest BCUT2D eigenvalue weighted by Crippen LogP contribution is -2.49. The van der Waals surface area contributed by atoms with Crippen LogP contribution in [0.25, 0.3) is 0 Å². The van der Waals surface area contributed by atoms with Gasteiger partial charge in [-0.25, -0.2) is 0 Å². The topological polar surface area (TPSA) is 38.5 Å². The average Bonchev–Trinajstić information content (AvgIpc) is 2.64. The number of nitrogens with zero attached hydrogens (tertiary/aromatic N) is 1. The summed E-state index contributed by atoms with van der Waals surface area (Å²) in [6.07, 6.45) is 3.10. The summed E-state index contributed by atoms with van der Waals surface area (Å²) in [5.74, 6) is 0.688. The highest BCUT2D eigenvalue weighted by molar-refractivity contribution is 4.85. The van der Waals surface area contributed by atoms with Crippen LogP contribution in [0.5, 0.6) is 0 Å². The summed E-state index contributed by atoms with van der Waals surface area (Å²) < 4.78 is 5.96. The SMILES string of the molecule is CCN(CC(C)C)C(CN)C1CCC(C)O1. The second kappa shape index (κ2) is 6.58. The van der Waals surface area contributed by atoms with Gasteiger partial charge in [-0.1, -0.05) is 20.8 Å². The van der Waals surface area contributed by atoms with E-state index in [4.69, 9.17) is 10.5 Å². The normalized spacial score (nSPS) is 27.9. The van der Waals surface area contributed by atoms with Gasteiger partial charge in [-0.2, -0.15) is 0 Å². The second-order valence-corrected chi connectivity index (χ2v) is 5.35. The minimum Gasteiger partial charge on any atom is -0.374 e. The van der Waals surface area contributed by atoms with Gasteiger partial charge >= 0.3 is 0 Å². The molecule has 1 rings (SSSR count). The zero-order chi connectivity index (χ0) is 12.1. The van der Waals surface area contributed by atoms with Crippen molar-refractivity contribution in [2.24, 2.45) is 11.7 Å². The fourth-order valence-electron chi connectivity index (χ4n) is 2.62. The molecule has 0 radical (unpaired) electrons. The summed E-state index contributed by atoms with van der Waals surface area (Å²) in [5, 5.41) is 0. The van der Waals surface area contributed by atoms with Gasteiger partial charge in [0, 0.05) is 19.1 Å². The number of rotatable bonds is 6. The minimum atomic E-state index is 0.346. The van der Waals surface area contributed by atoms with Gasteiger partial charge in [0.1, 0.15) is 0 Å². The summed E-state index contributed by atoms with van der Waals surface area (Å²) in [5.41, 5.74) is 5.93. The maximum Gasteiger partial charge on any atom is 0.0747 e. The summed E-state index contributed by atoms with van der Waals surface area (Å²) in [7, 11) is 0. The predicted octanol–water partition coefficient (Wildman–Crippen LogP) is 1.86. The Hall–Kier alpha value is -0.120. The first-order valence-corrected chi connectivity index (χ1v) is 6.68. The first-order valence-electron chi connectivity index (χ1n) is 6.68. The molecule has 1 saturated heterocycles. The highest BCUT2D eigenvalue weighted by atomic mass is 16.5. The molecule has 3 unspecified atom stereocenters. The highest BCUT2D eigenvalue weighted by Crippen LogP contribution is 2.24. The fourth-order valence-corrected chi connectivity index (χ4v) is 2.62. The van der Waals surface area contributed by atoms with Gasteiger partial charge in [0.2, 0.25) is 0 Å². The smallest absolute Gasteiger partial charge is 0.0747 e. The van der Waals surface area contributed by atoms with Gasteiger partial charge in [-0.15, -0.1) is 0 Å². The van der Waals surface area contributed by atoms with Gasteiger partial charge < -0.3 is 10.5 Å². The third-order valence-corrected chi connectivity index (χ3v) is 3.41. The maximum atomic E-state index is 5.96. The van der Waals surface area contributed by atoms with E-state index in [9.17, 15) is 0 Å². The van der Waals surface area contributed by atoms with Gasteiger partial charge in [-0.3, -0.25) is 4.90 Å². The van der Waals surface area contributed by atoms with E-state index in [0.29, 0.717) is 30.7 Å². The number of hydrogen-bond donors (Lipinski definition) is 1. The molecular weight excluding hydrogens is 200 g/mol. The van der Waals surface area contributed by atoms with Crippen LogP contribution >= 0.6 is 0 Å². The molecule has 0 aromatic carbocycles. The Labute approximate surface area is 100 Å². The van der Waals surface area contributed by atoms with Gasteiger partial charge in [0.15, 0.2) is 0 Å². The van der Waals surface area contributed by atoms with Crippen LogP contribution in [0.15, 0.2) is 0 Å². The summed E-state index contributed by atoms with van der Waals surface area (Å²) in [6, 6.07) is 0.400. The van der Waals surface area contributed by atoms with Gasteiger partial charge in [0.25, 0.3) is 0 Å². The van der Waals surface area contributed by atoms with E-state index in [1.54, 1.807) is 0 Å². The van der Waals surface area contributed by atoms with Crippen molar-refractivity contribution in [1.29, 1.82) is 0 Å². The Bertz CT molecular complexity index is 196. The van der Waals surface area contributed by atoms with E-state index < -0.39 is 0 Å². The molecule has 1 fully saturated rings. The van der Waals surface area contributed by atoms with E-state index in [0.717, 1.165) is 19.5 Å². The molecule has 0 aromatic heterocycles. The fraction of sp³-hybridized carbons (Fsp3) is 1.00. The number of hydrogen-bond acceptors (Lipinski definition) is 3. The summed E-state index contributed by atoms with van der Waals surface area (Å²) in [6.45, 7) is 11.8. The molecule has 16 heavy (non-hydrogen) atoms. The molecule has 0 aliphatic carbocycles. The van der Waals surface area contributed by atoms with Crippen LogP contribution in [0.2, 0.25) is 0 Å². The van der Waals surface area contributed by atoms with E-state index in [-0.39, 0.29) is 0 Å². The Morgan fingerprint density at radius 1 is 1.38 bits per heavy atom. The number of ether oxygens (including phenoxy) is 1. The van der Waals surface area contributed by atoms with Crippen molar-refractivity contribution in [2.75, 3.05) is 19.6 Å². The van der Waals surface area contributed by atoms with E-state index >= 15 is 0 Å². The van der Waals surface area contributed by atoms with Crippen LogP contribution < -0.4 is 5.73 Å². The van der Waals surface area contributed by atoms with Crippen LogP contribution in [-0.4, -0.2) is 42.8 Å². The molecular formula is C13H28N2O. The van der Waals surface area contributed by atoms with Crippen LogP contribution in [0, 0.1) is 5.92 Å². The Kier molecular flexibility index (Phi) is 5.73. The van der Waals surface area contributed by atoms with Crippen molar-refractivity contribution in [2.45, 2.75) is 58.8 Å². The zero-order valence-corrected chi connectivity index (χ0v) is 11.3. The summed E-state index contributed by atoms with van der Waals surface area (Å²) in [4.78, 5) is 2.48. The molecule has 0 aromatic rings. The van der Waals surface area contributed by atoms with Crippen molar-refractivity contribution in [3.8, 4) is 0 Å². The quantitative estimate of drug-likeness (QED) is 0.754. The van der Waals surface area contributed by atoms with Gasteiger partial charge in [0.05, 0.1) is 12.2 Å². The molecule has 3 nitrogen and oxygen atoms in total. The van der Waals surface area contributed by atoms with Crippen LogP contribution in [0.1, 0.15) is 40.5 Å². The first kappa shape index (κ1) is 13.9. The van der Waals surface area contributed by atoms with Crippen molar-refractivity contribution >= 4 is 0 Å². The summed E-state index contributed by atoms with van der Waals surface area (Å²) >= 11 is 0. The minimum absolute atomic E-state index is 0.346. The Morgan fingerprint density at radius 3 is 2.44 bits per heavy atom. The lowest BCUT2D eigenvalue weighted by molar-refractivity contribution is -0.00584. The molecule has 0 spiro atoms. The third kappa shape index (κ3) is 3.72. The lowest BCUT2D eigenvalue weighted by Gasteiger charge is -2.34. The Morgan fingerprint density at radius 2 is 2.06 bits per heavy atom. The Balaban J connectivity index is 2.56. The largest absolute Gasteiger partial charge is 0.374 e. The molecule has 2 N–H and O–H groups in total.